The predicted molar refractivity (Wildman–Crippen MR) is 69.9 cm³/mol. The monoisotopic (exact) mass is 256 g/mol. The van der Waals surface area contributed by atoms with Crippen LogP contribution in [0.4, 0.5) is 5.69 Å². The van der Waals surface area contributed by atoms with Crippen LogP contribution in [0.15, 0.2) is 29.1 Å². The average molecular weight is 256 g/mol. The lowest BCUT2D eigenvalue weighted by molar-refractivity contribution is 0.460. The number of hydrogen-bond donors (Lipinski definition) is 2. The molecule has 0 amide bonds. The van der Waals surface area contributed by atoms with E-state index in [1.807, 2.05) is 13.0 Å². The van der Waals surface area contributed by atoms with Crippen molar-refractivity contribution in [1.82, 2.24) is 9.97 Å². The molecule has 0 aliphatic carbocycles. The number of aromatic amines is 1. The van der Waals surface area contributed by atoms with Gasteiger partial charge in [0.1, 0.15) is 5.82 Å². The molecule has 0 saturated heterocycles. The van der Waals surface area contributed by atoms with E-state index in [9.17, 15) is 4.79 Å². The number of H-pyrrole nitrogens is 1. The Labute approximate surface area is 109 Å². The van der Waals surface area contributed by atoms with Crippen LogP contribution in [0.5, 0.6) is 11.6 Å². The highest BCUT2D eigenvalue weighted by Crippen LogP contribution is 2.26. The third kappa shape index (κ3) is 2.90. The predicted octanol–water partition coefficient (Wildman–Crippen LogP) is 1.58. The van der Waals surface area contributed by atoms with Crippen molar-refractivity contribution in [3.05, 3.63) is 46.0 Å². The number of rotatable bonds is 3. The van der Waals surface area contributed by atoms with Gasteiger partial charge in [0, 0.05) is 6.42 Å². The van der Waals surface area contributed by atoms with E-state index in [1.165, 1.54) is 12.1 Å². The van der Waals surface area contributed by atoms with E-state index in [-0.39, 0.29) is 11.4 Å². The second kappa shape index (κ2) is 5.23. The van der Waals surface area contributed by atoms with Crippen LogP contribution in [0, 0.1) is 11.3 Å². The molecule has 0 atom stereocenters. The Hall–Kier alpha value is -2.81. The van der Waals surface area contributed by atoms with E-state index in [4.69, 9.17) is 15.7 Å². The summed E-state index contributed by atoms with van der Waals surface area (Å²) in [6, 6.07) is 7.88. The molecule has 96 valence electrons. The first kappa shape index (κ1) is 12.6. The zero-order chi connectivity index (χ0) is 13.8. The molecule has 1 aromatic carbocycles. The minimum atomic E-state index is -0.283. The Morgan fingerprint density at radius 2 is 2.26 bits per heavy atom. The molecule has 0 aliphatic rings. The van der Waals surface area contributed by atoms with Gasteiger partial charge in [0.2, 0.25) is 5.88 Å². The highest BCUT2D eigenvalue weighted by molar-refractivity contribution is 5.57. The average Bonchev–Trinajstić information content (AvgIpc) is 2.40. The number of aromatic nitrogens is 2. The zero-order valence-electron chi connectivity index (χ0n) is 10.3. The van der Waals surface area contributed by atoms with E-state index < -0.39 is 0 Å². The molecule has 6 heteroatoms. The molecule has 0 radical (unpaired) electrons. The largest absolute Gasteiger partial charge is 0.437 e. The van der Waals surface area contributed by atoms with Gasteiger partial charge in [-0.05, 0) is 18.2 Å². The highest BCUT2D eigenvalue weighted by Gasteiger charge is 2.06. The molecule has 1 aromatic heterocycles. The van der Waals surface area contributed by atoms with Crippen LogP contribution in [0.1, 0.15) is 18.3 Å². The quantitative estimate of drug-likeness (QED) is 0.811. The number of nitrogens with zero attached hydrogens (tertiary/aromatic N) is 2. The Morgan fingerprint density at radius 1 is 1.47 bits per heavy atom. The summed E-state index contributed by atoms with van der Waals surface area (Å²) >= 11 is 0. The number of nitrogens with one attached hydrogen (secondary N) is 1. The third-order valence-electron chi connectivity index (χ3n) is 2.46. The summed E-state index contributed by atoms with van der Waals surface area (Å²) in [5.74, 6) is 1.07. The number of hydrogen-bond acceptors (Lipinski definition) is 5. The molecule has 0 spiro atoms. The van der Waals surface area contributed by atoms with Gasteiger partial charge in [0.05, 0.1) is 23.4 Å². The lowest BCUT2D eigenvalue weighted by Crippen LogP contribution is -2.10. The normalized spacial score (nSPS) is 9.89. The van der Waals surface area contributed by atoms with Crippen molar-refractivity contribution >= 4 is 5.69 Å². The van der Waals surface area contributed by atoms with Gasteiger partial charge in [0.25, 0.3) is 5.56 Å². The van der Waals surface area contributed by atoms with Crippen molar-refractivity contribution in [3.8, 4) is 17.7 Å². The van der Waals surface area contributed by atoms with Crippen LogP contribution >= 0.6 is 0 Å². The van der Waals surface area contributed by atoms with Gasteiger partial charge >= 0.3 is 0 Å². The number of anilines is 1. The molecule has 2 aromatic rings. The SMILES string of the molecule is CCc1nc(Oc2ccc(C#N)cc2N)cc(=O)[nH]1. The summed E-state index contributed by atoms with van der Waals surface area (Å²) in [5, 5.41) is 8.74. The first-order valence-corrected chi connectivity index (χ1v) is 5.70. The molecule has 6 nitrogen and oxygen atoms in total. The van der Waals surface area contributed by atoms with E-state index >= 15 is 0 Å². The van der Waals surface area contributed by atoms with E-state index in [2.05, 4.69) is 9.97 Å². The van der Waals surface area contributed by atoms with Gasteiger partial charge in [-0.3, -0.25) is 4.79 Å². The lowest BCUT2D eigenvalue weighted by Gasteiger charge is -2.08. The minimum absolute atomic E-state index is 0.178. The summed E-state index contributed by atoms with van der Waals surface area (Å²) in [5.41, 5.74) is 6.24. The molecular weight excluding hydrogens is 244 g/mol. The Bertz CT molecular complexity index is 701. The molecule has 0 bridgehead atoms. The standard InChI is InChI=1S/C13H12N4O2/c1-2-11-16-12(18)6-13(17-11)19-10-4-3-8(7-14)5-9(10)15/h3-6H,2,15H2,1H3,(H,16,17,18). The Balaban J connectivity index is 2.34. The van der Waals surface area contributed by atoms with Gasteiger partial charge < -0.3 is 15.5 Å². The van der Waals surface area contributed by atoms with Crippen LogP contribution in [0.3, 0.4) is 0 Å². The van der Waals surface area contributed by atoms with Gasteiger partial charge in [-0.25, -0.2) is 0 Å². The van der Waals surface area contributed by atoms with Crippen molar-refractivity contribution in [2.24, 2.45) is 0 Å². The van der Waals surface area contributed by atoms with Gasteiger partial charge in [-0.15, -0.1) is 0 Å². The number of aryl methyl sites for hydroxylation is 1. The second-order valence-electron chi connectivity index (χ2n) is 3.85. The van der Waals surface area contributed by atoms with Gasteiger partial charge in [0.15, 0.2) is 5.75 Å². The van der Waals surface area contributed by atoms with Crippen LogP contribution in [-0.4, -0.2) is 9.97 Å². The number of benzene rings is 1. The van der Waals surface area contributed by atoms with E-state index in [0.717, 1.165) is 0 Å². The molecule has 3 N–H and O–H groups in total. The molecule has 0 unspecified atom stereocenters. The number of nitrogen functional groups attached to an aromatic ring is 1. The van der Waals surface area contributed by atoms with Crippen LogP contribution in [0.25, 0.3) is 0 Å². The fourth-order valence-corrected chi connectivity index (χ4v) is 1.53. The van der Waals surface area contributed by atoms with Crippen molar-refractivity contribution in [3.63, 3.8) is 0 Å². The summed E-state index contributed by atoms with van der Waals surface area (Å²) in [4.78, 5) is 18.1. The molecule has 0 fully saturated rings. The summed E-state index contributed by atoms with van der Waals surface area (Å²) in [7, 11) is 0. The maximum absolute atomic E-state index is 11.4. The molecule has 19 heavy (non-hydrogen) atoms. The van der Waals surface area contributed by atoms with E-state index in [0.29, 0.717) is 29.2 Å². The lowest BCUT2D eigenvalue weighted by atomic mass is 10.2. The summed E-state index contributed by atoms with van der Waals surface area (Å²) < 4.78 is 5.47. The van der Waals surface area contributed by atoms with Crippen molar-refractivity contribution in [2.75, 3.05) is 5.73 Å². The second-order valence-corrected chi connectivity index (χ2v) is 3.85. The first-order chi connectivity index (χ1) is 9.12. The van der Waals surface area contributed by atoms with Crippen LogP contribution in [0.2, 0.25) is 0 Å². The Kier molecular flexibility index (Phi) is 3.48. The van der Waals surface area contributed by atoms with Crippen LogP contribution < -0.4 is 16.0 Å². The molecule has 0 saturated carbocycles. The van der Waals surface area contributed by atoms with Crippen molar-refractivity contribution in [1.29, 1.82) is 5.26 Å². The van der Waals surface area contributed by atoms with E-state index in [1.54, 1.807) is 12.1 Å². The molecular formula is C13H12N4O2. The van der Waals surface area contributed by atoms with Gasteiger partial charge in [-0.1, -0.05) is 6.92 Å². The summed E-state index contributed by atoms with van der Waals surface area (Å²) in [6.07, 6.45) is 0.593. The van der Waals surface area contributed by atoms with Gasteiger partial charge in [-0.2, -0.15) is 10.2 Å². The fourth-order valence-electron chi connectivity index (χ4n) is 1.53. The number of nitrogens with two attached hydrogens (primary N) is 1. The van der Waals surface area contributed by atoms with Crippen molar-refractivity contribution < 1.29 is 4.74 Å². The maximum atomic E-state index is 11.4. The first-order valence-electron chi connectivity index (χ1n) is 5.70. The molecule has 0 aliphatic heterocycles. The minimum Gasteiger partial charge on any atom is -0.437 e. The highest BCUT2D eigenvalue weighted by atomic mass is 16.5. The van der Waals surface area contributed by atoms with Crippen LogP contribution in [-0.2, 0) is 6.42 Å². The zero-order valence-corrected chi connectivity index (χ0v) is 10.3. The number of nitriles is 1. The number of ether oxygens (including phenoxy) is 1. The van der Waals surface area contributed by atoms with Crippen molar-refractivity contribution in [2.45, 2.75) is 13.3 Å². The molecule has 1 heterocycles. The molecule has 2 rings (SSSR count). The topological polar surface area (TPSA) is 105 Å². The fraction of sp³-hybridized carbons (Fsp3) is 0.154. The Morgan fingerprint density at radius 3 is 2.89 bits per heavy atom. The summed E-state index contributed by atoms with van der Waals surface area (Å²) in [6.45, 7) is 1.87. The smallest absolute Gasteiger partial charge is 0.254 e. The maximum Gasteiger partial charge on any atom is 0.254 e. The third-order valence-corrected chi connectivity index (χ3v) is 2.46.